The highest BCUT2D eigenvalue weighted by atomic mass is 19.4. The molecule has 0 amide bonds. The van der Waals surface area contributed by atoms with Gasteiger partial charge in [-0.1, -0.05) is 36.3 Å². The summed E-state index contributed by atoms with van der Waals surface area (Å²) in [6, 6.07) is 12.9. The van der Waals surface area contributed by atoms with E-state index in [1.54, 1.807) is 0 Å². The highest BCUT2D eigenvalue weighted by molar-refractivity contribution is 6.02. The number of oxime groups is 1. The fraction of sp³-hybridized carbons (Fsp3) is 0.435. The molecular formula is C23H27F3N2O2. The van der Waals surface area contributed by atoms with Crippen molar-refractivity contribution in [1.82, 2.24) is 4.90 Å². The Hall–Kier alpha value is -2.54. The van der Waals surface area contributed by atoms with Crippen LogP contribution in [0.5, 0.6) is 5.75 Å². The average molecular weight is 420 g/mol. The molecule has 2 aromatic rings. The van der Waals surface area contributed by atoms with Crippen LogP contribution in [-0.4, -0.2) is 35.5 Å². The van der Waals surface area contributed by atoms with E-state index in [1.807, 2.05) is 12.1 Å². The van der Waals surface area contributed by atoms with E-state index in [2.05, 4.69) is 29.1 Å². The van der Waals surface area contributed by atoms with E-state index >= 15 is 0 Å². The van der Waals surface area contributed by atoms with Gasteiger partial charge in [0.2, 0.25) is 0 Å². The number of rotatable bonds is 7. The highest BCUT2D eigenvalue weighted by Crippen LogP contribution is 2.30. The lowest BCUT2D eigenvalue weighted by molar-refractivity contribution is -0.137. The van der Waals surface area contributed by atoms with E-state index < -0.39 is 11.7 Å². The molecule has 0 aromatic heterocycles. The molecule has 0 saturated carbocycles. The topological polar surface area (TPSA) is 45.1 Å². The maximum absolute atomic E-state index is 12.8. The van der Waals surface area contributed by atoms with Crippen LogP contribution in [0.25, 0.3) is 0 Å². The first kappa shape index (κ1) is 22.2. The Morgan fingerprint density at radius 3 is 2.23 bits per heavy atom. The SMILES string of the molecule is CCCOc1ccc(CN2CCC(/C(=N\O)c3ccc(C(F)(F)F)cc3)CC2)cc1. The predicted octanol–water partition coefficient (Wildman–Crippen LogP) is 5.58. The maximum Gasteiger partial charge on any atom is 0.416 e. The molecule has 1 saturated heterocycles. The van der Waals surface area contributed by atoms with Gasteiger partial charge in [-0.2, -0.15) is 13.2 Å². The molecule has 0 aliphatic carbocycles. The van der Waals surface area contributed by atoms with Crippen LogP contribution in [0.4, 0.5) is 13.2 Å². The number of likely N-dealkylation sites (tertiary alicyclic amines) is 1. The molecule has 4 nitrogen and oxygen atoms in total. The average Bonchev–Trinajstić information content (AvgIpc) is 2.75. The maximum atomic E-state index is 12.8. The summed E-state index contributed by atoms with van der Waals surface area (Å²) in [5.74, 6) is 0.896. The lowest BCUT2D eigenvalue weighted by atomic mass is 9.87. The van der Waals surface area contributed by atoms with Crippen molar-refractivity contribution in [2.24, 2.45) is 11.1 Å². The van der Waals surface area contributed by atoms with Crippen LogP contribution in [0.1, 0.15) is 42.9 Å². The summed E-state index contributed by atoms with van der Waals surface area (Å²) in [5.41, 5.74) is 1.49. The zero-order valence-electron chi connectivity index (χ0n) is 17.0. The zero-order valence-corrected chi connectivity index (χ0v) is 17.0. The first-order chi connectivity index (χ1) is 14.4. The van der Waals surface area contributed by atoms with Gasteiger partial charge in [-0.15, -0.1) is 0 Å². The van der Waals surface area contributed by atoms with E-state index in [0.717, 1.165) is 56.8 Å². The third kappa shape index (κ3) is 5.75. The molecule has 1 fully saturated rings. The second kappa shape index (κ2) is 9.98. The van der Waals surface area contributed by atoms with Crippen molar-refractivity contribution in [3.8, 4) is 5.75 Å². The minimum absolute atomic E-state index is 0.0211. The predicted molar refractivity (Wildman–Crippen MR) is 110 cm³/mol. The Labute approximate surface area is 175 Å². The van der Waals surface area contributed by atoms with Gasteiger partial charge in [0.05, 0.1) is 17.9 Å². The van der Waals surface area contributed by atoms with Crippen LogP contribution in [0.3, 0.4) is 0 Å². The van der Waals surface area contributed by atoms with Crippen molar-refractivity contribution in [2.45, 2.75) is 38.9 Å². The van der Waals surface area contributed by atoms with Crippen LogP contribution >= 0.6 is 0 Å². The summed E-state index contributed by atoms with van der Waals surface area (Å²) in [6.45, 7) is 5.27. The molecule has 1 N–H and O–H groups in total. The molecule has 162 valence electrons. The summed E-state index contributed by atoms with van der Waals surface area (Å²) in [7, 11) is 0. The smallest absolute Gasteiger partial charge is 0.416 e. The molecule has 0 bridgehead atoms. The van der Waals surface area contributed by atoms with Crippen molar-refractivity contribution in [1.29, 1.82) is 0 Å². The third-order valence-corrected chi connectivity index (χ3v) is 5.39. The van der Waals surface area contributed by atoms with E-state index in [-0.39, 0.29) is 5.92 Å². The normalized spacial score (nSPS) is 16.6. The molecule has 0 atom stereocenters. The quantitative estimate of drug-likeness (QED) is 0.361. The van der Waals surface area contributed by atoms with Gasteiger partial charge in [-0.3, -0.25) is 4.90 Å². The molecule has 0 spiro atoms. The number of alkyl halides is 3. The molecule has 0 unspecified atom stereocenters. The van der Waals surface area contributed by atoms with Crippen molar-refractivity contribution in [3.05, 3.63) is 65.2 Å². The summed E-state index contributed by atoms with van der Waals surface area (Å²) in [5, 5.41) is 12.9. The number of nitrogens with zero attached hydrogens (tertiary/aromatic N) is 2. The minimum Gasteiger partial charge on any atom is -0.494 e. The lowest BCUT2D eigenvalue weighted by Crippen LogP contribution is -2.36. The van der Waals surface area contributed by atoms with Gasteiger partial charge >= 0.3 is 6.18 Å². The summed E-state index contributed by atoms with van der Waals surface area (Å²) in [4.78, 5) is 2.33. The van der Waals surface area contributed by atoms with Gasteiger partial charge in [0, 0.05) is 12.5 Å². The Kier molecular flexibility index (Phi) is 7.37. The Morgan fingerprint density at radius 2 is 1.70 bits per heavy atom. The number of piperidine rings is 1. The number of benzene rings is 2. The fourth-order valence-corrected chi connectivity index (χ4v) is 3.74. The summed E-state index contributed by atoms with van der Waals surface area (Å²) in [6.07, 6.45) is -1.82. The fourth-order valence-electron chi connectivity index (χ4n) is 3.74. The van der Waals surface area contributed by atoms with Crippen molar-refractivity contribution in [2.75, 3.05) is 19.7 Å². The molecule has 2 aromatic carbocycles. The van der Waals surface area contributed by atoms with Crippen LogP contribution in [0, 0.1) is 5.92 Å². The molecule has 0 radical (unpaired) electrons. The highest BCUT2D eigenvalue weighted by Gasteiger charge is 2.31. The van der Waals surface area contributed by atoms with Crippen molar-refractivity contribution >= 4 is 5.71 Å². The van der Waals surface area contributed by atoms with E-state index in [9.17, 15) is 18.4 Å². The molecule has 1 aliphatic heterocycles. The number of hydrogen-bond acceptors (Lipinski definition) is 4. The van der Waals surface area contributed by atoms with Gasteiger partial charge in [0.1, 0.15) is 5.75 Å². The molecular weight excluding hydrogens is 393 g/mol. The van der Waals surface area contributed by atoms with Crippen LogP contribution in [-0.2, 0) is 12.7 Å². The number of ether oxygens (including phenoxy) is 1. The summed E-state index contributed by atoms with van der Waals surface area (Å²) >= 11 is 0. The lowest BCUT2D eigenvalue weighted by Gasteiger charge is -2.32. The van der Waals surface area contributed by atoms with Crippen LogP contribution in [0.2, 0.25) is 0 Å². The van der Waals surface area contributed by atoms with Crippen molar-refractivity contribution < 1.29 is 23.1 Å². The molecule has 1 heterocycles. The van der Waals surface area contributed by atoms with Gasteiger partial charge in [-0.25, -0.2) is 0 Å². The largest absolute Gasteiger partial charge is 0.494 e. The summed E-state index contributed by atoms with van der Waals surface area (Å²) < 4.78 is 43.9. The van der Waals surface area contributed by atoms with Gasteiger partial charge in [0.25, 0.3) is 0 Å². The Balaban J connectivity index is 1.55. The van der Waals surface area contributed by atoms with Crippen LogP contribution < -0.4 is 4.74 Å². The number of hydrogen-bond donors (Lipinski definition) is 1. The molecule has 7 heteroatoms. The standard InChI is InChI=1S/C23H27F3N2O2/c1-2-15-30-21-9-3-17(4-10-21)16-28-13-11-19(12-14-28)22(27-29)18-5-7-20(8-6-18)23(24,25)26/h3-10,19,29H,2,11-16H2,1H3/b27-22-. The second-order valence-corrected chi connectivity index (χ2v) is 7.60. The first-order valence-electron chi connectivity index (χ1n) is 10.2. The molecule has 1 aliphatic rings. The minimum atomic E-state index is -4.37. The first-order valence-corrected chi connectivity index (χ1v) is 10.2. The van der Waals surface area contributed by atoms with Gasteiger partial charge in [-0.05, 0) is 67.7 Å². The Bertz CT molecular complexity index is 825. The van der Waals surface area contributed by atoms with Crippen molar-refractivity contribution in [3.63, 3.8) is 0 Å². The monoisotopic (exact) mass is 420 g/mol. The molecule has 30 heavy (non-hydrogen) atoms. The molecule has 3 rings (SSSR count). The number of halogens is 3. The van der Waals surface area contributed by atoms with Crippen LogP contribution in [0.15, 0.2) is 53.7 Å². The Morgan fingerprint density at radius 1 is 1.07 bits per heavy atom. The van der Waals surface area contributed by atoms with E-state index in [1.165, 1.54) is 17.7 Å². The van der Waals surface area contributed by atoms with E-state index in [4.69, 9.17) is 4.74 Å². The second-order valence-electron chi connectivity index (χ2n) is 7.60. The van der Waals surface area contributed by atoms with Gasteiger partial charge < -0.3 is 9.94 Å². The van der Waals surface area contributed by atoms with Gasteiger partial charge in [0.15, 0.2) is 0 Å². The zero-order chi connectivity index (χ0) is 21.6. The van der Waals surface area contributed by atoms with E-state index in [0.29, 0.717) is 17.9 Å². The third-order valence-electron chi connectivity index (χ3n) is 5.39.